The van der Waals surface area contributed by atoms with Crippen molar-refractivity contribution < 1.29 is 4.42 Å². The Balaban J connectivity index is 1.75. The molecule has 1 aromatic heterocycles. The lowest BCUT2D eigenvalue weighted by Gasteiger charge is -2.43. The summed E-state index contributed by atoms with van der Waals surface area (Å²) in [6.07, 6.45) is 2.10. The van der Waals surface area contributed by atoms with Gasteiger partial charge in [-0.15, -0.1) is 0 Å². The van der Waals surface area contributed by atoms with Crippen LogP contribution in [0.4, 0.5) is 0 Å². The molecule has 1 aromatic rings. The fourth-order valence-electron chi connectivity index (χ4n) is 2.75. The number of hydrogen-bond acceptors (Lipinski definition) is 5. The zero-order valence-corrected chi connectivity index (χ0v) is 14.6. The van der Waals surface area contributed by atoms with Gasteiger partial charge in [0.2, 0.25) is 0 Å². The third-order valence-corrected chi connectivity index (χ3v) is 4.79. The average molecular weight is 311 g/mol. The van der Waals surface area contributed by atoms with E-state index in [1.165, 1.54) is 13.1 Å². The fourth-order valence-corrected chi connectivity index (χ4v) is 3.19. The van der Waals surface area contributed by atoms with Gasteiger partial charge in [-0.05, 0) is 39.3 Å². The van der Waals surface area contributed by atoms with Crippen molar-refractivity contribution in [2.24, 2.45) is 0 Å². The van der Waals surface area contributed by atoms with Crippen molar-refractivity contribution in [2.45, 2.75) is 31.7 Å². The number of nitrogens with zero attached hydrogens (tertiary/aromatic N) is 2. The first-order valence-corrected chi connectivity index (χ1v) is 9.11. The van der Waals surface area contributed by atoms with Crippen LogP contribution in [0.3, 0.4) is 0 Å². The molecule has 0 aromatic carbocycles. The molecule has 1 fully saturated rings. The van der Waals surface area contributed by atoms with Crippen molar-refractivity contribution >= 4 is 11.8 Å². The van der Waals surface area contributed by atoms with Crippen molar-refractivity contribution in [3.8, 4) is 0 Å². The summed E-state index contributed by atoms with van der Waals surface area (Å²) in [5, 5.41) is 3.55. The Labute approximate surface area is 133 Å². The van der Waals surface area contributed by atoms with Crippen molar-refractivity contribution in [2.75, 3.05) is 46.0 Å². The van der Waals surface area contributed by atoms with E-state index >= 15 is 0 Å². The normalized spacial score (nSPS) is 18.3. The molecule has 1 saturated heterocycles. The molecule has 5 heteroatoms. The summed E-state index contributed by atoms with van der Waals surface area (Å²) in [5.74, 6) is 3.05. The number of thioether (sulfide) groups is 1. The van der Waals surface area contributed by atoms with E-state index in [2.05, 4.69) is 54.4 Å². The zero-order valence-electron chi connectivity index (χ0n) is 13.8. The van der Waals surface area contributed by atoms with Gasteiger partial charge in [-0.2, -0.15) is 11.8 Å². The first kappa shape index (κ1) is 16.9. The first-order valence-electron chi connectivity index (χ1n) is 7.72. The number of piperazine rings is 1. The molecule has 1 aliphatic heterocycles. The second-order valence-electron chi connectivity index (χ2n) is 6.51. The molecule has 4 nitrogen and oxygen atoms in total. The molecule has 0 amide bonds. The van der Waals surface area contributed by atoms with Crippen molar-refractivity contribution in [1.82, 2.24) is 15.1 Å². The number of rotatable bonds is 7. The lowest BCUT2D eigenvalue weighted by atomic mass is 10.0. The molecule has 2 heterocycles. The number of nitrogens with one attached hydrogen (secondary N) is 1. The van der Waals surface area contributed by atoms with Crippen LogP contribution in [-0.2, 0) is 12.3 Å². The quantitative estimate of drug-likeness (QED) is 0.835. The van der Waals surface area contributed by atoms with Crippen LogP contribution in [0.2, 0.25) is 0 Å². The molecule has 0 aliphatic carbocycles. The SMILES string of the molecule is CSCc1ccc(CNCC(C)(C)N2CCN(C)CC2)o1. The van der Waals surface area contributed by atoms with Gasteiger partial charge in [-0.1, -0.05) is 0 Å². The smallest absolute Gasteiger partial charge is 0.118 e. The molecule has 0 atom stereocenters. The standard InChI is InChI=1S/C16H29N3OS/c1-16(2,19-9-7-18(3)8-10-19)13-17-11-14-5-6-15(20-14)12-21-4/h5-6,17H,7-13H2,1-4H3. The van der Waals surface area contributed by atoms with Crippen LogP contribution in [0, 0.1) is 0 Å². The van der Waals surface area contributed by atoms with Gasteiger partial charge in [0.1, 0.15) is 11.5 Å². The van der Waals surface area contributed by atoms with Crippen LogP contribution in [0.5, 0.6) is 0 Å². The molecular weight excluding hydrogens is 282 g/mol. The van der Waals surface area contributed by atoms with Gasteiger partial charge in [-0.3, -0.25) is 4.90 Å². The van der Waals surface area contributed by atoms with E-state index in [0.29, 0.717) is 0 Å². The average Bonchev–Trinajstić information content (AvgIpc) is 2.87. The van der Waals surface area contributed by atoms with Crippen LogP contribution >= 0.6 is 11.8 Å². The van der Waals surface area contributed by atoms with Crippen molar-refractivity contribution in [3.63, 3.8) is 0 Å². The molecule has 0 unspecified atom stereocenters. The summed E-state index contributed by atoms with van der Waals surface area (Å²) >= 11 is 1.79. The highest BCUT2D eigenvalue weighted by Gasteiger charge is 2.28. The maximum Gasteiger partial charge on any atom is 0.118 e. The number of furan rings is 1. The Morgan fingerprint density at radius 3 is 2.52 bits per heavy atom. The van der Waals surface area contributed by atoms with Gasteiger partial charge < -0.3 is 14.6 Å². The maximum absolute atomic E-state index is 5.79. The zero-order chi connectivity index (χ0) is 15.3. The molecule has 2 rings (SSSR count). The lowest BCUT2D eigenvalue weighted by Crippen LogP contribution is -2.57. The second kappa shape index (κ2) is 7.68. The monoisotopic (exact) mass is 311 g/mol. The van der Waals surface area contributed by atoms with E-state index in [4.69, 9.17) is 4.42 Å². The van der Waals surface area contributed by atoms with Crippen LogP contribution in [0.25, 0.3) is 0 Å². The van der Waals surface area contributed by atoms with Crippen molar-refractivity contribution in [3.05, 3.63) is 23.7 Å². The second-order valence-corrected chi connectivity index (χ2v) is 7.37. The minimum atomic E-state index is 0.190. The third kappa shape index (κ3) is 5.02. The van der Waals surface area contributed by atoms with E-state index in [9.17, 15) is 0 Å². The molecule has 0 radical (unpaired) electrons. The molecule has 0 saturated carbocycles. The summed E-state index contributed by atoms with van der Waals surface area (Å²) in [6.45, 7) is 11.1. The lowest BCUT2D eigenvalue weighted by molar-refractivity contribution is 0.0615. The van der Waals surface area contributed by atoms with E-state index < -0.39 is 0 Å². The summed E-state index contributed by atoms with van der Waals surface area (Å²) in [4.78, 5) is 4.98. The maximum atomic E-state index is 5.79. The molecule has 21 heavy (non-hydrogen) atoms. The summed E-state index contributed by atoms with van der Waals surface area (Å²) in [6, 6.07) is 4.17. The number of hydrogen-bond donors (Lipinski definition) is 1. The van der Waals surface area contributed by atoms with Gasteiger partial charge >= 0.3 is 0 Å². The highest BCUT2D eigenvalue weighted by Crippen LogP contribution is 2.17. The van der Waals surface area contributed by atoms with E-state index in [1.807, 2.05) is 0 Å². The Hall–Kier alpha value is -0.490. The van der Waals surface area contributed by atoms with Gasteiger partial charge in [0.05, 0.1) is 12.3 Å². The predicted octanol–water partition coefficient (Wildman–Crippen LogP) is 2.26. The van der Waals surface area contributed by atoms with E-state index in [1.54, 1.807) is 11.8 Å². The minimum absolute atomic E-state index is 0.190. The highest BCUT2D eigenvalue weighted by atomic mass is 32.2. The van der Waals surface area contributed by atoms with Crippen molar-refractivity contribution in [1.29, 1.82) is 0 Å². The van der Waals surface area contributed by atoms with Crippen LogP contribution in [-0.4, -0.2) is 61.4 Å². The highest BCUT2D eigenvalue weighted by molar-refractivity contribution is 7.97. The molecule has 1 aliphatic rings. The van der Waals surface area contributed by atoms with Crippen LogP contribution in [0.15, 0.2) is 16.5 Å². The molecule has 120 valence electrons. The van der Waals surface area contributed by atoms with E-state index in [-0.39, 0.29) is 5.54 Å². The van der Waals surface area contributed by atoms with Gasteiger partial charge in [0.25, 0.3) is 0 Å². The summed E-state index contributed by atoms with van der Waals surface area (Å²) < 4.78 is 5.79. The van der Waals surface area contributed by atoms with Crippen LogP contribution in [0.1, 0.15) is 25.4 Å². The number of likely N-dealkylation sites (N-methyl/N-ethyl adjacent to an activating group) is 1. The largest absolute Gasteiger partial charge is 0.464 e. The molecular formula is C16H29N3OS. The third-order valence-electron chi connectivity index (χ3n) is 4.22. The minimum Gasteiger partial charge on any atom is -0.464 e. The molecule has 0 spiro atoms. The predicted molar refractivity (Wildman–Crippen MR) is 90.8 cm³/mol. The van der Waals surface area contributed by atoms with Gasteiger partial charge in [0, 0.05) is 38.3 Å². The fraction of sp³-hybridized carbons (Fsp3) is 0.750. The van der Waals surface area contributed by atoms with E-state index in [0.717, 1.165) is 43.5 Å². The van der Waals surface area contributed by atoms with Crippen LogP contribution < -0.4 is 5.32 Å². The summed E-state index contributed by atoms with van der Waals surface area (Å²) in [5.41, 5.74) is 0.190. The molecule has 0 bridgehead atoms. The van der Waals surface area contributed by atoms with Gasteiger partial charge in [-0.25, -0.2) is 0 Å². The summed E-state index contributed by atoms with van der Waals surface area (Å²) in [7, 11) is 2.20. The molecule has 1 N–H and O–H groups in total. The Morgan fingerprint density at radius 2 is 1.86 bits per heavy atom. The Kier molecular flexibility index (Phi) is 6.17. The Morgan fingerprint density at radius 1 is 1.19 bits per heavy atom. The topological polar surface area (TPSA) is 31.6 Å². The first-order chi connectivity index (χ1) is 10.0. The Bertz CT molecular complexity index is 425. The van der Waals surface area contributed by atoms with Gasteiger partial charge in [0.15, 0.2) is 0 Å².